The molecular formula is C15H21N3O3. The fourth-order valence-electron chi connectivity index (χ4n) is 2.13. The van der Waals surface area contributed by atoms with Gasteiger partial charge in [0.15, 0.2) is 6.10 Å². The minimum absolute atomic E-state index is 0.129. The highest BCUT2D eigenvalue weighted by atomic mass is 16.5. The number of amides is 2. The molecule has 0 saturated heterocycles. The average Bonchev–Trinajstić information content (AvgIpc) is 2.45. The Balaban J connectivity index is 2.17. The largest absolute Gasteiger partial charge is 0.478 e. The van der Waals surface area contributed by atoms with Crippen LogP contribution in [0.1, 0.15) is 38.8 Å². The third-order valence-corrected chi connectivity index (χ3v) is 3.47. The molecule has 21 heavy (non-hydrogen) atoms. The Kier molecular flexibility index (Phi) is 4.47. The van der Waals surface area contributed by atoms with Crippen molar-refractivity contribution in [2.24, 2.45) is 5.73 Å². The lowest BCUT2D eigenvalue weighted by atomic mass is 10.1. The van der Waals surface area contributed by atoms with Gasteiger partial charge >= 0.3 is 0 Å². The van der Waals surface area contributed by atoms with Gasteiger partial charge in [-0.25, -0.2) is 0 Å². The van der Waals surface area contributed by atoms with E-state index in [1.807, 2.05) is 26.0 Å². The third kappa shape index (κ3) is 3.33. The second kappa shape index (κ2) is 6.13. The third-order valence-electron chi connectivity index (χ3n) is 3.47. The molecular weight excluding hydrogens is 270 g/mol. The first-order chi connectivity index (χ1) is 9.92. The van der Waals surface area contributed by atoms with Crippen molar-refractivity contribution < 1.29 is 14.3 Å². The number of hydrogen-bond acceptors (Lipinski definition) is 4. The molecule has 1 heterocycles. The van der Waals surface area contributed by atoms with Crippen LogP contribution in [0.15, 0.2) is 18.2 Å². The molecule has 2 amide bonds. The minimum Gasteiger partial charge on any atom is -0.478 e. The highest BCUT2D eigenvalue weighted by Crippen LogP contribution is 2.32. The van der Waals surface area contributed by atoms with E-state index in [1.54, 1.807) is 13.0 Å². The van der Waals surface area contributed by atoms with Gasteiger partial charge in [-0.05, 0) is 38.0 Å². The number of hydrogen-bond donors (Lipinski definition) is 3. The van der Waals surface area contributed by atoms with E-state index < -0.39 is 12.1 Å². The molecule has 1 aromatic carbocycles. The monoisotopic (exact) mass is 291 g/mol. The van der Waals surface area contributed by atoms with E-state index in [9.17, 15) is 9.59 Å². The molecule has 1 aliphatic heterocycles. The number of benzene rings is 1. The maximum atomic E-state index is 11.7. The summed E-state index contributed by atoms with van der Waals surface area (Å²) in [5.74, 6) is 0.290. The van der Waals surface area contributed by atoms with E-state index in [-0.39, 0.29) is 17.9 Å². The van der Waals surface area contributed by atoms with E-state index >= 15 is 0 Å². The minimum atomic E-state index is -0.551. The van der Waals surface area contributed by atoms with Gasteiger partial charge in [-0.15, -0.1) is 0 Å². The molecule has 114 valence electrons. The highest BCUT2D eigenvalue weighted by molar-refractivity contribution is 5.97. The Labute approximate surface area is 124 Å². The summed E-state index contributed by atoms with van der Waals surface area (Å²) in [6, 6.07) is 4.73. The maximum Gasteiger partial charge on any atom is 0.265 e. The number of fused-ring (bicyclic) bond motifs is 1. The fraction of sp³-hybridized carbons (Fsp3) is 0.467. The number of anilines is 1. The smallest absolute Gasteiger partial charge is 0.265 e. The summed E-state index contributed by atoms with van der Waals surface area (Å²) < 4.78 is 5.69. The van der Waals surface area contributed by atoms with E-state index in [0.29, 0.717) is 17.9 Å². The number of rotatable bonds is 4. The maximum absolute atomic E-state index is 11.7. The van der Waals surface area contributed by atoms with Crippen LogP contribution in [-0.2, 0) is 9.59 Å². The Morgan fingerprint density at radius 2 is 2.19 bits per heavy atom. The second-order valence-corrected chi connectivity index (χ2v) is 5.28. The van der Waals surface area contributed by atoms with E-state index in [4.69, 9.17) is 10.5 Å². The van der Waals surface area contributed by atoms with Gasteiger partial charge in [0.2, 0.25) is 5.91 Å². The lowest BCUT2D eigenvalue weighted by Gasteiger charge is -2.26. The molecule has 2 rings (SSSR count). The summed E-state index contributed by atoms with van der Waals surface area (Å²) in [6.07, 6.45) is 0.133. The van der Waals surface area contributed by atoms with Crippen molar-refractivity contribution >= 4 is 17.5 Å². The van der Waals surface area contributed by atoms with Crippen molar-refractivity contribution in [3.63, 3.8) is 0 Å². The van der Waals surface area contributed by atoms with Gasteiger partial charge in [0.1, 0.15) is 5.75 Å². The first-order valence-electron chi connectivity index (χ1n) is 7.09. The van der Waals surface area contributed by atoms with Crippen LogP contribution in [0, 0.1) is 0 Å². The topological polar surface area (TPSA) is 93.4 Å². The van der Waals surface area contributed by atoms with Crippen molar-refractivity contribution in [3.05, 3.63) is 23.8 Å². The van der Waals surface area contributed by atoms with Crippen molar-refractivity contribution in [2.45, 2.75) is 45.4 Å². The molecule has 1 aliphatic rings. The quantitative estimate of drug-likeness (QED) is 0.780. The summed E-state index contributed by atoms with van der Waals surface area (Å²) in [7, 11) is 0. The average molecular weight is 291 g/mol. The van der Waals surface area contributed by atoms with Crippen LogP contribution in [0.5, 0.6) is 5.75 Å². The zero-order valence-corrected chi connectivity index (χ0v) is 12.5. The molecule has 0 saturated carbocycles. The first kappa shape index (κ1) is 15.3. The van der Waals surface area contributed by atoms with Crippen LogP contribution >= 0.6 is 0 Å². The highest BCUT2D eigenvalue weighted by Gasteiger charge is 2.26. The van der Waals surface area contributed by atoms with Crippen LogP contribution in [0.25, 0.3) is 0 Å². The van der Waals surface area contributed by atoms with E-state index in [2.05, 4.69) is 10.6 Å². The fourth-order valence-corrected chi connectivity index (χ4v) is 2.13. The molecule has 2 unspecified atom stereocenters. The number of nitrogens with one attached hydrogen (secondary N) is 2. The SMILES string of the molecule is CCC1Oc2cc(C(C)NC(=O)[C@@H](C)N)ccc2NC1=O. The van der Waals surface area contributed by atoms with Gasteiger partial charge in [0.25, 0.3) is 5.91 Å². The Bertz CT molecular complexity index is 557. The standard InChI is InChI=1S/C15H21N3O3/c1-4-12-15(20)18-11-6-5-10(7-13(11)21-12)9(3)17-14(19)8(2)16/h5-9,12H,4,16H2,1-3H3,(H,17,19)(H,18,20)/t8-,9?,12?/m1/s1. The number of nitrogens with two attached hydrogens (primary N) is 1. The lowest BCUT2D eigenvalue weighted by Crippen LogP contribution is -2.39. The zero-order chi connectivity index (χ0) is 15.6. The molecule has 1 aromatic rings. The molecule has 0 aromatic heterocycles. The molecule has 6 heteroatoms. The summed E-state index contributed by atoms with van der Waals surface area (Å²) in [6.45, 7) is 5.41. The van der Waals surface area contributed by atoms with Crippen molar-refractivity contribution in [2.75, 3.05) is 5.32 Å². The lowest BCUT2D eigenvalue weighted by molar-refractivity contribution is -0.123. The second-order valence-electron chi connectivity index (χ2n) is 5.28. The number of ether oxygens (including phenoxy) is 1. The Morgan fingerprint density at radius 1 is 1.48 bits per heavy atom. The van der Waals surface area contributed by atoms with Gasteiger partial charge in [0, 0.05) is 0 Å². The summed E-state index contributed by atoms with van der Waals surface area (Å²) in [4.78, 5) is 23.4. The van der Waals surface area contributed by atoms with Crippen LogP contribution in [-0.4, -0.2) is 24.0 Å². The van der Waals surface area contributed by atoms with Gasteiger partial charge in [0.05, 0.1) is 17.8 Å². The Morgan fingerprint density at radius 3 is 2.81 bits per heavy atom. The van der Waals surface area contributed by atoms with Gasteiger partial charge in [-0.2, -0.15) is 0 Å². The molecule has 0 radical (unpaired) electrons. The normalized spacial score (nSPS) is 19.8. The van der Waals surface area contributed by atoms with Gasteiger partial charge in [-0.1, -0.05) is 13.0 Å². The Hall–Kier alpha value is -2.08. The van der Waals surface area contributed by atoms with E-state index in [1.165, 1.54) is 0 Å². The number of carbonyl (C=O) groups excluding carboxylic acids is 2. The number of carbonyl (C=O) groups is 2. The van der Waals surface area contributed by atoms with Crippen molar-refractivity contribution in [1.29, 1.82) is 0 Å². The molecule has 0 bridgehead atoms. The zero-order valence-electron chi connectivity index (χ0n) is 12.5. The summed E-state index contributed by atoms with van der Waals surface area (Å²) in [5, 5.41) is 5.64. The summed E-state index contributed by atoms with van der Waals surface area (Å²) in [5.41, 5.74) is 7.09. The molecule has 3 atom stereocenters. The van der Waals surface area contributed by atoms with Crippen LogP contribution < -0.4 is 21.1 Å². The van der Waals surface area contributed by atoms with Crippen LogP contribution in [0.3, 0.4) is 0 Å². The molecule has 0 fully saturated rings. The van der Waals surface area contributed by atoms with E-state index in [0.717, 1.165) is 5.56 Å². The predicted molar refractivity (Wildman–Crippen MR) is 80.0 cm³/mol. The predicted octanol–water partition coefficient (Wildman–Crippen LogP) is 1.32. The molecule has 4 N–H and O–H groups in total. The molecule has 0 spiro atoms. The summed E-state index contributed by atoms with van der Waals surface area (Å²) >= 11 is 0. The molecule has 0 aliphatic carbocycles. The van der Waals surface area contributed by atoms with Crippen LogP contribution in [0.2, 0.25) is 0 Å². The first-order valence-corrected chi connectivity index (χ1v) is 7.09. The van der Waals surface area contributed by atoms with Crippen molar-refractivity contribution in [3.8, 4) is 5.75 Å². The van der Waals surface area contributed by atoms with Gasteiger partial charge in [-0.3, -0.25) is 9.59 Å². The molecule has 6 nitrogen and oxygen atoms in total. The van der Waals surface area contributed by atoms with Crippen molar-refractivity contribution in [1.82, 2.24) is 5.32 Å². The van der Waals surface area contributed by atoms with Gasteiger partial charge < -0.3 is 21.1 Å². The van der Waals surface area contributed by atoms with Crippen LogP contribution in [0.4, 0.5) is 5.69 Å².